The summed E-state index contributed by atoms with van der Waals surface area (Å²) in [6.07, 6.45) is 3.05. The van der Waals surface area contributed by atoms with E-state index in [-0.39, 0.29) is 58.8 Å². The molecule has 0 saturated carbocycles. The maximum absolute atomic E-state index is 13.2. The zero-order valence-corrected chi connectivity index (χ0v) is 32.6. The molecule has 0 spiro atoms. The molecule has 8 N–H and O–H groups in total. The maximum Gasteiger partial charge on any atom is 0.315 e. The molecule has 3 aromatic rings. The fraction of sp³-hybridized carbons (Fsp3) is 0.488. The minimum Gasteiger partial charge on any atom is -0.507 e. The number of benzene rings is 3. The SMILES string of the molecule is CC(C)(C)c1cccc(CNc2ccc(C(=O)NCCNC(=O)CCCC[C@@H]3SC[C@@H]4NC(=O)N[C@@H]43)cc2NCc2cccc(C(C)(C)C)c2O)c1O. The summed E-state index contributed by atoms with van der Waals surface area (Å²) in [4.78, 5) is 37.3. The monoisotopic (exact) mass is 744 g/mol. The Morgan fingerprint density at radius 3 is 2.02 bits per heavy atom. The predicted octanol–water partition coefficient (Wildman–Crippen LogP) is 6.49. The van der Waals surface area contributed by atoms with Gasteiger partial charge in [-0.1, -0.05) is 84.4 Å². The van der Waals surface area contributed by atoms with Crippen LogP contribution in [0.3, 0.4) is 0 Å². The third-order valence-corrected chi connectivity index (χ3v) is 11.4. The summed E-state index contributed by atoms with van der Waals surface area (Å²) in [5.74, 6) is 1.10. The molecule has 0 aromatic heterocycles. The van der Waals surface area contributed by atoms with Gasteiger partial charge in [-0.05, 0) is 53.0 Å². The van der Waals surface area contributed by atoms with Crippen molar-refractivity contribution in [2.45, 2.75) is 108 Å². The first-order valence-electron chi connectivity index (χ1n) is 18.6. The molecule has 3 aromatic carbocycles. The van der Waals surface area contributed by atoms with E-state index >= 15 is 0 Å². The van der Waals surface area contributed by atoms with E-state index in [2.05, 4.69) is 73.4 Å². The summed E-state index contributed by atoms with van der Waals surface area (Å²) >= 11 is 1.88. The highest BCUT2D eigenvalue weighted by Crippen LogP contribution is 2.36. The van der Waals surface area contributed by atoms with Crippen LogP contribution >= 0.6 is 11.8 Å². The maximum atomic E-state index is 13.2. The topological polar surface area (TPSA) is 164 Å². The lowest BCUT2D eigenvalue weighted by Crippen LogP contribution is -2.36. The number of aromatic hydroxyl groups is 2. The molecule has 12 heteroatoms. The number of para-hydroxylation sites is 2. The zero-order chi connectivity index (χ0) is 38.3. The Morgan fingerprint density at radius 2 is 1.40 bits per heavy atom. The summed E-state index contributed by atoms with van der Waals surface area (Å²) in [7, 11) is 0. The van der Waals surface area contributed by atoms with Gasteiger partial charge in [0.15, 0.2) is 0 Å². The van der Waals surface area contributed by atoms with E-state index in [1.807, 2.05) is 54.2 Å². The number of unbranched alkanes of at least 4 members (excludes halogenated alkanes) is 1. The van der Waals surface area contributed by atoms with Crippen molar-refractivity contribution in [2.24, 2.45) is 0 Å². The molecule has 0 unspecified atom stereocenters. The molecule has 2 heterocycles. The van der Waals surface area contributed by atoms with Crippen molar-refractivity contribution < 1.29 is 24.6 Å². The van der Waals surface area contributed by atoms with Crippen LogP contribution in [0.1, 0.15) is 99.8 Å². The van der Waals surface area contributed by atoms with Crippen LogP contribution in [-0.2, 0) is 28.7 Å². The normalized spacial score (nSPS) is 18.2. The lowest BCUT2D eigenvalue weighted by Gasteiger charge is -2.23. The molecule has 5 rings (SSSR count). The second-order valence-corrected chi connectivity index (χ2v) is 17.3. The van der Waals surface area contributed by atoms with Gasteiger partial charge in [-0.2, -0.15) is 11.8 Å². The van der Waals surface area contributed by atoms with Crippen LogP contribution < -0.4 is 31.9 Å². The van der Waals surface area contributed by atoms with E-state index < -0.39 is 0 Å². The van der Waals surface area contributed by atoms with Crippen molar-refractivity contribution in [1.82, 2.24) is 21.3 Å². The van der Waals surface area contributed by atoms with Crippen LogP contribution in [0, 0.1) is 0 Å². The van der Waals surface area contributed by atoms with Gasteiger partial charge in [0, 0.05) is 60.3 Å². The number of phenolic OH excluding ortho intramolecular Hbond substituents is 2. The molecule has 53 heavy (non-hydrogen) atoms. The fourth-order valence-electron chi connectivity index (χ4n) is 6.89. The molecule has 3 atom stereocenters. The lowest BCUT2D eigenvalue weighted by atomic mass is 9.85. The summed E-state index contributed by atoms with van der Waals surface area (Å²) < 4.78 is 0. The Morgan fingerprint density at radius 1 is 0.792 bits per heavy atom. The molecular formula is C41H56N6O5S. The van der Waals surface area contributed by atoms with E-state index in [1.54, 1.807) is 12.1 Å². The van der Waals surface area contributed by atoms with E-state index in [4.69, 9.17) is 0 Å². The van der Waals surface area contributed by atoms with Gasteiger partial charge in [0.1, 0.15) is 11.5 Å². The Labute approximate surface area is 317 Å². The predicted molar refractivity (Wildman–Crippen MR) is 214 cm³/mol. The smallest absolute Gasteiger partial charge is 0.315 e. The highest BCUT2D eigenvalue weighted by atomic mass is 32.2. The lowest BCUT2D eigenvalue weighted by molar-refractivity contribution is -0.121. The Hall–Kier alpha value is -4.58. The van der Waals surface area contributed by atoms with E-state index in [0.717, 1.165) is 53.0 Å². The Kier molecular flexibility index (Phi) is 12.7. The summed E-state index contributed by atoms with van der Waals surface area (Å²) in [6.45, 7) is 13.6. The number of fused-ring (bicyclic) bond motifs is 1. The molecule has 286 valence electrons. The van der Waals surface area contributed by atoms with Gasteiger partial charge in [0.2, 0.25) is 5.91 Å². The molecule has 11 nitrogen and oxygen atoms in total. The average molecular weight is 745 g/mol. The van der Waals surface area contributed by atoms with Crippen LogP contribution in [0.25, 0.3) is 0 Å². The first-order valence-corrected chi connectivity index (χ1v) is 19.6. The summed E-state index contributed by atoms with van der Waals surface area (Å²) in [5.41, 5.74) is 4.58. The Bertz CT molecular complexity index is 1790. The number of amides is 4. The molecule has 0 aliphatic carbocycles. The highest BCUT2D eigenvalue weighted by molar-refractivity contribution is 8.00. The number of phenols is 2. The third-order valence-electron chi connectivity index (χ3n) is 9.89. The number of hydrogen-bond acceptors (Lipinski definition) is 8. The van der Waals surface area contributed by atoms with Gasteiger partial charge in [-0.3, -0.25) is 9.59 Å². The molecule has 2 saturated heterocycles. The van der Waals surface area contributed by atoms with Crippen LogP contribution in [0.2, 0.25) is 0 Å². The van der Waals surface area contributed by atoms with Gasteiger partial charge in [-0.15, -0.1) is 0 Å². The van der Waals surface area contributed by atoms with Crippen molar-refractivity contribution in [3.8, 4) is 11.5 Å². The number of nitrogens with one attached hydrogen (secondary N) is 6. The number of anilines is 2. The van der Waals surface area contributed by atoms with Crippen LogP contribution in [-0.4, -0.2) is 64.2 Å². The molecule has 4 amide bonds. The minimum atomic E-state index is -0.275. The largest absolute Gasteiger partial charge is 0.507 e. The molecule has 2 fully saturated rings. The third kappa shape index (κ3) is 10.3. The van der Waals surface area contributed by atoms with Gasteiger partial charge < -0.3 is 42.1 Å². The van der Waals surface area contributed by atoms with Crippen molar-refractivity contribution in [1.29, 1.82) is 0 Å². The second kappa shape index (κ2) is 17.0. The fourth-order valence-corrected chi connectivity index (χ4v) is 8.43. The van der Waals surface area contributed by atoms with Crippen molar-refractivity contribution in [2.75, 3.05) is 29.5 Å². The van der Waals surface area contributed by atoms with Crippen LogP contribution in [0.5, 0.6) is 11.5 Å². The minimum absolute atomic E-state index is 0.0493. The number of hydrogen-bond donors (Lipinski definition) is 8. The number of carbonyl (C=O) groups excluding carboxylic acids is 3. The van der Waals surface area contributed by atoms with Gasteiger partial charge in [0.05, 0.1) is 23.5 Å². The quantitative estimate of drug-likeness (QED) is 0.0647. The molecule has 0 radical (unpaired) electrons. The number of rotatable bonds is 15. The number of urea groups is 1. The van der Waals surface area contributed by atoms with E-state index in [9.17, 15) is 24.6 Å². The van der Waals surface area contributed by atoms with Crippen molar-refractivity contribution in [3.05, 3.63) is 82.4 Å². The van der Waals surface area contributed by atoms with E-state index in [1.165, 1.54) is 0 Å². The summed E-state index contributed by atoms with van der Waals surface area (Å²) in [6, 6.07) is 17.1. The van der Waals surface area contributed by atoms with Gasteiger partial charge in [0.25, 0.3) is 5.91 Å². The second-order valence-electron chi connectivity index (χ2n) is 16.1. The zero-order valence-electron chi connectivity index (χ0n) is 31.8. The van der Waals surface area contributed by atoms with Crippen molar-refractivity contribution in [3.63, 3.8) is 0 Å². The molecule has 2 aliphatic rings. The first kappa shape index (κ1) is 39.6. The van der Waals surface area contributed by atoms with Gasteiger partial charge >= 0.3 is 6.03 Å². The van der Waals surface area contributed by atoms with Gasteiger partial charge in [-0.25, -0.2) is 4.79 Å². The van der Waals surface area contributed by atoms with E-state index in [0.29, 0.717) is 42.6 Å². The average Bonchev–Trinajstić information content (AvgIpc) is 3.65. The highest BCUT2D eigenvalue weighted by Gasteiger charge is 2.42. The number of thioether (sulfide) groups is 1. The Balaban J connectivity index is 1.17. The van der Waals surface area contributed by atoms with Crippen LogP contribution in [0.15, 0.2) is 54.6 Å². The molecule has 2 aliphatic heterocycles. The molecule has 0 bridgehead atoms. The van der Waals surface area contributed by atoms with Crippen molar-refractivity contribution >= 4 is 41.0 Å². The first-order chi connectivity index (χ1) is 25.1. The number of carbonyl (C=O) groups is 3. The van der Waals surface area contributed by atoms with Crippen LogP contribution in [0.4, 0.5) is 16.2 Å². The molecular weight excluding hydrogens is 689 g/mol. The standard InChI is InChI=1S/C41H56N6O5S/c1-40(2,3)28-13-9-11-26(36(28)49)22-44-30-18-17-25(21-31(30)45-23-27-12-10-14-29(37(27)50)41(4,5)6)38(51)43-20-19-42-34(48)16-8-7-15-33-35-32(24-53-33)46-39(52)47-35/h9-14,17-18,21,32-33,35,44-45,49-50H,7-8,15-16,19-20,22-24H2,1-6H3,(H,42,48)(H,43,51)(H2,46,47,52)/t32-,33-,35-/m0/s1. The summed E-state index contributed by atoms with van der Waals surface area (Å²) in [5, 5.41) is 41.1.